The van der Waals surface area contributed by atoms with Crippen molar-refractivity contribution in [2.75, 3.05) is 17.7 Å². The van der Waals surface area contributed by atoms with Crippen molar-refractivity contribution in [2.45, 2.75) is 24.0 Å². The summed E-state index contributed by atoms with van der Waals surface area (Å²) in [5.41, 5.74) is 5.06. The highest BCUT2D eigenvalue weighted by Gasteiger charge is 2.23. The zero-order valence-electron chi connectivity index (χ0n) is 20.4. The van der Waals surface area contributed by atoms with Gasteiger partial charge in [-0.15, -0.1) is 11.8 Å². The SMILES string of the molecule is COc1ccc(C(=O)Nc2ccc(SC(C(=O)Nc3cc(C)ccc3C)c3ccccc3)cc2)cc1. The molecule has 0 saturated heterocycles. The first-order valence-corrected chi connectivity index (χ1v) is 12.5. The van der Waals surface area contributed by atoms with Crippen LogP contribution in [0.2, 0.25) is 0 Å². The summed E-state index contributed by atoms with van der Waals surface area (Å²) in [5.74, 6) is 0.410. The highest BCUT2D eigenvalue weighted by Crippen LogP contribution is 2.37. The summed E-state index contributed by atoms with van der Waals surface area (Å²) in [6.45, 7) is 3.99. The number of hydrogen-bond acceptors (Lipinski definition) is 4. The second-order valence-electron chi connectivity index (χ2n) is 8.42. The van der Waals surface area contributed by atoms with Crippen molar-refractivity contribution in [1.29, 1.82) is 0 Å². The third-order valence-corrected chi connectivity index (χ3v) is 6.98. The molecule has 0 radical (unpaired) electrons. The Labute approximate surface area is 215 Å². The van der Waals surface area contributed by atoms with Crippen LogP contribution in [0.3, 0.4) is 0 Å². The zero-order chi connectivity index (χ0) is 25.5. The molecule has 0 spiro atoms. The molecule has 6 heteroatoms. The van der Waals surface area contributed by atoms with Crippen LogP contribution in [0.15, 0.2) is 102 Å². The number of rotatable bonds is 8. The number of thioether (sulfide) groups is 1. The van der Waals surface area contributed by atoms with Gasteiger partial charge in [0.15, 0.2) is 0 Å². The van der Waals surface area contributed by atoms with Crippen LogP contribution in [-0.4, -0.2) is 18.9 Å². The molecule has 182 valence electrons. The van der Waals surface area contributed by atoms with Crippen LogP contribution < -0.4 is 15.4 Å². The van der Waals surface area contributed by atoms with Crippen LogP contribution in [0.5, 0.6) is 5.75 Å². The molecule has 4 aromatic carbocycles. The largest absolute Gasteiger partial charge is 0.497 e. The van der Waals surface area contributed by atoms with Gasteiger partial charge in [-0.05, 0) is 85.1 Å². The number of benzene rings is 4. The van der Waals surface area contributed by atoms with Crippen molar-refractivity contribution in [1.82, 2.24) is 0 Å². The van der Waals surface area contributed by atoms with E-state index in [1.165, 1.54) is 11.8 Å². The Morgan fingerprint density at radius 2 is 1.50 bits per heavy atom. The lowest BCUT2D eigenvalue weighted by Crippen LogP contribution is -2.19. The van der Waals surface area contributed by atoms with Gasteiger partial charge in [0.25, 0.3) is 5.91 Å². The number of carbonyl (C=O) groups is 2. The summed E-state index contributed by atoms with van der Waals surface area (Å²) in [5, 5.41) is 5.58. The number of nitrogens with one attached hydrogen (secondary N) is 2. The second-order valence-corrected chi connectivity index (χ2v) is 9.60. The van der Waals surface area contributed by atoms with Crippen molar-refractivity contribution in [3.63, 3.8) is 0 Å². The van der Waals surface area contributed by atoms with E-state index in [2.05, 4.69) is 10.6 Å². The molecule has 5 nitrogen and oxygen atoms in total. The molecule has 1 unspecified atom stereocenters. The van der Waals surface area contributed by atoms with Crippen LogP contribution >= 0.6 is 11.8 Å². The van der Waals surface area contributed by atoms with Gasteiger partial charge in [0.2, 0.25) is 5.91 Å². The first kappa shape index (κ1) is 25.1. The lowest BCUT2D eigenvalue weighted by atomic mass is 10.1. The number of carbonyl (C=O) groups excluding carboxylic acids is 2. The van der Waals surface area contributed by atoms with Gasteiger partial charge in [0.1, 0.15) is 11.0 Å². The van der Waals surface area contributed by atoms with E-state index in [9.17, 15) is 9.59 Å². The molecule has 0 fully saturated rings. The third-order valence-electron chi connectivity index (χ3n) is 5.71. The minimum absolute atomic E-state index is 0.0863. The minimum Gasteiger partial charge on any atom is -0.497 e. The first-order chi connectivity index (χ1) is 17.4. The average molecular weight is 497 g/mol. The van der Waals surface area contributed by atoms with Crippen molar-refractivity contribution in [3.05, 3.63) is 119 Å². The van der Waals surface area contributed by atoms with E-state index < -0.39 is 5.25 Å². The van der Waals surface area contributed by atoms with E-state index >= 15 is 0 Å². The van der Waals surface area contributed by atoms with Crippen LogP contribution in [0, 0.1) is 13.8 Å². The van der Waals surface area contributed by atoms with E-state index in [1.807, 2.05) is 86.6 Å². The maximum Gasteiger partial charge on any atom is 0.255 e. The van der Waals surface area contributed by atoms with Gasteiger partial charge in [0.05, 0.1) is 7.11 Å². The van der Waals surface area contributed by atoms with E-state index in [-0.39, 0.29) is 11.8 Å². The Balaban J connectivity index is 1.48. The number of methoxy groups -OCH3 is 1. The minimum atomic E-state index is -0.439. The molecule has 4 rings (SSSR count). The van der Waals surface area contributed by atoms with Gasteiger partial charge < -0.3 is 15.4 Å². The van der Waals surface area contributed by atoms with Crippen LogP contribution in [0.25, 0.3) is 0 Å². The van der Waals surface area contributed by atoms with Crippen molar-refractivity contribution in [2.24, 2.45) is 0 Å². The summed E-state index contributed by atoms with van der Waals surface area (Å²) < 4.78 is 5.14. The van der Waals surface area contributed by atoms with Crippen LogP contribution in [-0.2, 0) is 4.79 Å². The predicted molar refractivity (Wildman–Crippen MR) is 147 cm³/mol. The van der Waals surface area contributed by atoms with Crippen molar-refractivity contribution in [3.8, 4) is 5.75 Å². The summed E-state index contributed by atoms with van der Waals surface area (Å²) in [7, 11) is 1.59. The first-order valence-electron chi connectivity index (χ1n) is 11.6. The number of anilines is 2. The Kier molecular flexibility index (Phi) is 8.08. The van der Waals surface area contributed by atoms with Crippen LogP contribution in [0.4, 0.5) is 11.4 Å². The Hall–Kier alpha value is -4.03. The fourth-order valence-electron chi connectivity index (χ4n) is 3.67. The molecule has 0 aliphatic rings. The molecule has 2 N–H and O–H groups in total. The van der Waals surface area contributed by atoms with Gasteiger partial charge in [-0.25, -0.2) is 0 Å². The smallest absolute Gasteiger partial charge is 0.255 e. The molecule has 0 aliphatic heterocycles. The predicted octanol–water partition coefficient (Wildman–Crippen LogP) is 7.04. The lowest BCUT2D eigenvalue weighted by molar-refractivity contribution is -0.115. The molecule has 0 saturated carbocycles. The number of amides is 2. The number of aryl methyl sites for hydroxylation is 2. The summed E-state index contributed by atoms with van der Waals surface area (Å²) in [4.78, 5) is 26.9. The second kappa shape index (κ2) is 11.6. The van der Waals surface area contributed by atoms with Gasteiger partial charge in [0, 0.05) is 21.8 Å². The molecule has 0 aromatic heterocycles. The van der Waals surface area contributed by atoms with E-state index in [0.717, 1.165) is 27.3 Å². The number of ether oxygens (including phenoxy) is 1. The summed E-state index contributed by atoms with van der Waals surface area (Å²) in [6.07, 6.45) is 0. The molecular weight excluding hydrogens is 468 g/mol. The Morgan fingerprint density at radius 1 is 0.806 bits per heavy atom. The number of hydrogen-bond donors (Lipinski definition) is 2. The molecule has 0 bridgehead atoms. The molecule has 1 atom stereocenters. The standard InChI is InChI=1S/C30H28N2O3S/c1-20-9-10-21(2)27(19-20)32-30(34)28(22-7-5-4-6-8-22)36-26-17-13-24(14-18-26)31-29(33)23-11-15-25(35-3)16-12-23/h4-19,28H,1-3H3,(H,31,33)(H,32,34). The summed E-state index contributed by atoms with van der Waals surface area (Å²) in [6, 6.07) is 30.2. The molecule has 0 aliphatic carbocycles. The highest BCUT2D eigenvalue weighted by molar-refractivity contribution is 8.00. The zero-order valence-corrected chi connectivity index (χ0v) is 21.3. The van der Waals surface area contributed by atoms with E-state index in [1.54, 1.807) is 31.4 Å². The average Bonchev–Trinajstić information content (AvgIpc) is 2.90. The van der Waals surface area contributed by atoms with Crippen molar-refractivity contribution >= 4 is 35.0 Å². The topological polar surface area (TPSA) is 67.4 Å². The molecule has 4 aromatic rings. The maximum atomic E-state index is 13.4. The van der Waals surface area contributed by atoms with Crippen LogP contribution in [0.1, 0.15) is 32.3 Å². The molecule has 36 heavy (non-hydrogen) atoms. The van der Waals surface area contributed by atoms with E-state index in [0.29, 0.717) is 17.0 Å². The fraction of sp³-hybridized carbons (Fsp3) is 0.133. The van der Waals surface area contributed by atoms with Gasteiger partial charge >= 0.3 is 0 Å². The molecule has 0 heterocycles. The molecular formula is C30H28N2O3S. The molecule has 2 amide bonds. The van der Waals surface area contributed by atoms with Gasteiger partial charge in [-0.2, -0.15) is 0 Å². The highest BCUT2D eigenvalue weighted by atomic mass is 32.2. The van der Waals surface area contributed by atoms with Gasteiger partial charge in [-0.1, -0.05) is 42.5 Å². The fourth-order valence-corrected chi connectivity index (χ4v) is 4.69. The quantitative estimate of drug-likeness (QED) is 0.257. The summed E-state index contributed by atoms with van der Waals surface area (Å²) >= 11 is 1.47. The Morgan fingerprint density at radius 3 is 2.17 bits per heavy atom. The Bertz CT molecular complexity index is 1340. The monoisotopic (exact) mass is 496 g/mol. The maximum absolute atomic E-state index is 13.4. The van der Waals surface area contributed by atoms with Gasteiger partial charge in [-0.3, -0.25) is 9.59 Å². The normalized spacial score (nSPS) is 11.4. The van der Waals surface area contributed by atoms with Crippen molar-refractivity contribution < 1.29 is 14.3 Å². The lowest BCUT2D eigenvalue weighted by Gasteiger charge is -2.18. The van der Waals surface area contributed by atoms with E-state index in [4.69, 9.17) is 4.74 Å². The third kappa shape index (κ3) is 6.34.